The number of piperidine rings is 1. The zero-order valence-electron chi connectivity index (χ0n) is 15.6. The van der Waals surface area contributed by atoms with E-state index in [1.807, 2.05) is 42.2 Å². The lowest BCUT2D eigenvalue weighted by Crippen LogP contribution is -2.46. The first kappa shape index (κ1) is 19.1. The summed E-state index contributed by atoms with van der Waals surface area (Å²) in [6.07, 6.45) is 1.72. The maximum Gasteiger partial charge on any atom is 0.231 e. The summed E-state index contributed by atoms with van der Waals surface area (Å²) >= 11 is 0. The van der Waals surface area contributed by atoms with E-state index in [1.54, 1.807) is 0 Å². The molecule has 3 rings (SSSR count). The number of nitrogens with one attached hydrogen (secondary N) is 1. The third-order valence-corrected chi connectivity index (χ3v) is 4.74. The minimum absolute atomic E-state index is 0.000315. The Morgan fingerprint density at radius 2 is 2.19 bits per heavy atom. The molecule has 1 atom stereocenters. The first-order valence-corrected chi connectivity index (χ1v) is 9.30. The second-order valence-corrected chi connectivity index (χ2v) is 6.96. The number of para-hydroxylation sites is 1. The van der Waals surface area contributed by atoms with Crippen LogP contribution in [0.15, 0.2) is 30.3 Å². The predicted molar refractivity (Wildman–Crippen MR) is 103 cm³/mol. The van der Waals surface area contributed by atoms with E-state index in [0.717, 1.165) is 41.7 Å². The van der Waals surface area contributed by atoms with Crippen LogP contribution < -0.4 is 15.8 Å². The maximum absolute atomic E-state index is 12.4. The SMILES string of the molecule is Cc1ccc2cccc(OCCNC(=O)[C@@H]3CCCN(CC(N)=O)C3)c2n1. The lowest BCUT2D eigenvalue weighted by Gasteiger charge is -2.30. The first-order chi connectivity index (χ1) is 13.0. The van der Waals surface area contributed by atoms with Crippen molar-refractivity contribution in [2.75, 3.05) is 32.8 Å². The summed E-state index contributed by atoms with van der Waals surface area (Å²) in [7, 11) is 0. The van der Waals surface area contributed by atoms with Crippen molar-refractivity contribution in [1.82, 2.24) is 15.2 Å². The van der Waals surface area contributed by atoms with Crippen molar-refractivity contribution >= 4 is 22.7 Å². The Kier molecular flexibility index (Phi) is 6.24. The Hall–Kier alpha value is -2.67. The summed E-state index contributed by atoms with van der Waals surface area (Å²) in [6, 6.07) is 9.81. The second kappa shape index (κ2) is 8.81. The lowest BCUT2D eigenvalue weighted by molar-refractivity contribution is -0.128. The third-order valence-electron chi connectivity index (χ3n) is 4.74. The highest BCUT2D eigenvalue weighted by Gasteiger charge is 2.26. The number of amides is 2. The molecule has 3 N–H and O–H groups in total. The van der Waals surface area contributed by atoms with Crippen LogP contribution in [0.25, 0.3) is 10.9 Å². The van der Waals surface area contributed by atoms with E-state index >= 15 is 0 Å². The average Bonchev–Trinajstić information content (AvgIpc) is 2.65. The summed E-state index contributed by atoms with van der Waals surface area (Å²) < 4.78 is 5.84. The summed E-state index contributed by atoms with van der Waals surface area (Å²) in [5.74, 6) is 0.249. The molecule has 144 valence electrons. The summed E-state index contributed by atoms with van der Waals surface area (Å²) in [4.78, 5) is 29.9. The molecular weight excluding hydrogens is 344 g/mol. The van der Waals surface area contributed by atoms with Gasteiger partial charge in [-0.2, -0.15) is 0 Å². The molecule has 2 aromatic rings. The number of rotatable bonds is 7. The van der Waals surface area contributed by atoms with Gasteiger partial charge in [0.15, 0.2) is 0 Å². The highest BCUT2D eigenvalue weighted by molar-refractivity contribution is 5.84. The van der Waals surface area contributed by atoms with Crippen LogP contribution >= 0.6 is 0 Å². The quantitative estimate of drug-likeness (QED) is 0.715. The fraction of sp³-hybridized carbons (Fsp3) is 0.450. The van der Waals surface area contributed by atoms with Crippen molar-refractivity contribution in [3.8, 4) is 5.75 Å². The van der Waals surface area contributed by atoms with E-state index in [9.17, 15) is 9.59 Å². The van der Waals surface area contributed by atoms with Gasteiger partial charge in [0, 0.05) is 17.6 Å². The standard InChI is InChI=1S/C20H26N4O3/c1-14-7-8-15-4-2-6-17(19(15)23-14)27-11-9-22-20(26)16-5-3-10-24(12-16)13-18(21)25/h2,4,6-8,16H,3,5,9-13H2,1H3,(H2,21,25)(H,22,26)/t16-/m1/s1. The average molecular weight is 370 g/mol. The molecule has 27 heavy (non-hydrogen) atoms. The molecule has 0 aliphatic carbocycles. The zero-order valence-corrected chi connectivity index (χ0v) is 15.6. The molecular formula is C20H26N4O3. The van der Waals surface area contributed by atoms with Gasteiger partial charge >= 0.3 is 0 Å². The molecule has 0 unspecified atom stereocenters. The van der Waals surface area contributed by atoms with Crippen molar-refractivity contribution in [3.63, 3.8) is 0 Å². The van der Waals surface area contributed by atoms with E-state index in [1.165, 1.54) is 0 Å². The molecule has 1 aliphatic heterocycles. The molecule has 2 amide bonds. The number of aromatic nitrogens is 1. The van der Waals surface area contributed by atoms with E-state index in [-0.39, 0.29) is 24.3 Å². The molecule has 1 aromatic carbocycles. The number of ether oxygens (including phenoxy) is 1. The molecule has 0 spiro atoms. The van der Waals surface area contributed by atoms with Gasteiger partial charge in [-0.05, 0) is 38.4 Å². The van der Waals surface area contributed by atoms with Crippen molar-refractivity contribution in [2.24, 2.45) is 11.7 Å². The number of fused-ring (bicyclic) bond motifs is 1. The molecule has 2 heterocycles. The van der Waals surface area contributed by atoms with E-state index in [4.69, 9.17) is 10.5 Å². The largest absolute Gasteiger partial charge is 0.489 e. The van der Waals surface area contributed by atoms with Gasteiger partial charge < -0.3 is 15.8 Å². The Balaban J connectivity index is 1.48. The van der Waals surface area contributed by atoms with Crippen LogP contribution in [0, 0.1) is 12.8 Å². The Morgan fingerprint density at radius 1 is 1.33 bits per heavy atom. The zero-order chi connectivity index (χ0) is 19.2. The fourth-order valence-corrected chi connectivity index (χ4v) is 3.45. The van der Waals surface area contributed by atoms with Crippen molar-refractivity contribution in [2.45, 2.75) is 19.8 Å². The number of hydrogen-bond donors (Lipinski definition) is 2. The van der Waals surface area contributed by atoms with Gasteiger partial charge in [0.25, 0.3) is 0 Å². The lowest BCUT2D eigenvalue weighted by atomic mass is 9.97. The van der Waals surface area contributed by atoms with Crippen LogP contribution in [0.1, 0.15) is 18.5 Å². The summed E-state index contributed by atoms with van der Waals surface area (Å²) in [6.45, 7) is 4.33. The molecule has 0 bridgehead atoms. The molecule has 1 saturated heterocycles. The number of carbonyl (C=O) groups excluding carboxylic acids is 2. The smallest absolute Gasteiger partial charge is 0.231 e. The number of carbonyl (C=O) groups is 2. The van der Waals surface area contributed by atoms with Crippen molar-refractivity contribution in [3.05, 3.63) is 36.0 Å². The van der Waals surface area contributed by atoms with Gasteiger partial charge in [-0.1, -0.05) is 18.2 Å². The van der Waals surface area contributed by atoms with E-state index < -0.39 is 0 Å². The Labute approximate surface area is 158 Å². The molecule has 0 radical (unpaired) electrons. The van der Waals surface area contributed by atoms with Crippen LogP contribution in [0.5, 0.6) is 5.75 Å². The van der Waals surface area contributed by atoms with E-state index in [2.05, 4.69) is 10.3 Å². The number of hydrogen-bond acceptors (Lipinski definition) is 5. The van der Waals surface area contributed by atoms with Crippen LogP contribution in [0.3, 0.4) is 0 Å². The predicted octanol–water partition coefficient (Wildman–Crippen LogP) is 1.24. The highest BCUT2D eigenvalue weighted by atomic mass is 16.5. The molecule has 0 saturated carbocycles. The van der Waals surface area contributed by atoms with E-state index in [0.29, 0.717) is 19.7 Å². The van der Waals surface area contributed by atoms with Crippen molar-refractivity contribution in [1.29, 1.82) is 0 Å². The molecule has 7 heteroatoms. The van der Waals surface area contributed by atoms with Gasteiger partial charge in [0.05, 0.1) is 19.0 Å². The molecule has 1 fully saturated rings. The van der Waals surface area contributed by atoms with Crippen LogP contribution in [-0.2, 0) is 9.59 Å². The van der Waals surface area contributed by atoms with Crippen LogP contribution in [0.2, 0.25) is 0 Å². The van der Waals surface area contributed by atoms with Gasteiger partial charge in [-0.15, -0.1) is 0 Å². The third kappa shape index (κ3) is 5.17. The summed E-state index contributed by atoms with van der Waals surface area (Å²) in [5.41, 5.74) is 7.01. The second-order valence-electron chi connectivity index (χ2n) is 6.96. The minimum atomic E-state index is -0.358. The number of aryl methyl sites for hydroxylation is 1. The van der Waals surface area contributed by atoms with Gasteiger partial charge in [0.2, 0.25) is 11.8 Å². The number of primary amides is 1. The Bertz CT molecular complexity index is 824. The number of benzene rings is 1. The molecule has 1 aliphatic rings. The fourth-order valence-electron chi connectivity index (χ4n) is 3.45. The minimum Gasteiger partial charge on any atom is -0.489 e. The van der Waals surface area contributed by atoms with Gasteiger partial charge in [-0.25, -0.2) is 4.98 Å². The molecule has 1 aromatic heterocycles. The first-order valence-electron chi connectivity index (χ1n) is 9.30. The number of nitrogens with two attached hydrogens (primary N) is 1. The van der Waals surface area contributed by atoms with Gasteiger partial charge in [-0.3, -0.25) is 14.5 Å². The number of pyridine rings is 1. The van der Waals surface area contributed by atoms with Crippen molar-refractivity contribution < 1.29 is 14.3 Å². The van der Waals surface area contributed by atoms with Gasteiger partial charge in [0.1, 0.15) is 17.9 Å². The number of nitrogens with zero attached hydrogens (tertiary/aromatic N) is 2. The summed E-state index contributed by atoms with van der Waals surface area (Å²) in [5, 5.41) is 3.96. The van der Waals surface area contributed by atoms with Crippen LogP contribution in [-0.4, -0.2) is 54.5 Å². The molecule has 7 nitrogen and oxygen atoms in total. The monoisotopic (exact) mass is 370 g/mol. The topological polar surface area (TPSA) is 97.5 Å². The maximum atomic E-state index is 12.4. The Morgan fingerprint density at radius 3 is 3.00 bits per heavy atom. The van der Waals surface area contributed by atoms with Crippen LogP contribution in [0.4, 0.5) is 0 Å². The normalized spacial score (nSPS) is 17.6. The number of likely N-dealkylation sites (tertiary alicyclic amines) is 1. The highest BCUT2D eigenvalue weighted by Crippen LogP contribution is 2.23.